The van der Waals surface area contributed by atoms with Crippen LogP contribution in [-0.2, 0) is 12.3 Å². The van der Waals surface area contributed by atoms with Crippen molar-refractivity contribution in [3.8, 4) is 0 Å². The smallest absolute Gasteiger partial charge is 0.103 e. The van der Waals surface area contributed by atoms with Crippen LogP contribution in [-0.4, -0.2) is 11.5 Å². The second-order valence-corrected chi connectivity index (χ2v) is 6.79. The van der Waals surface area contributed by atoms with Crippen molar-refractivity contribution in [1.29, 1.82) is 0 Å². The molecule has 5 heteroatoms. The fraction of sp³-hybridized carbons (Fsp3) is 0.308. The van der Waals surface area contributed by atoms with Crippen LogP contribution in [0.5, 0.6) is 0 Å². The summed E-state index contributed by atoms with van der Waals surface area (Å²) < 4.78 is 1.15. The van der Waals surface area contributed by atoms with Crippen molar-refractivity contribution in [2.24, 2.45) is 0 Å². The molecule has 0 aliphatic carbocycles. The Morgan fingerprint density at radius 2 is 2.22 bits per heavy atom. The van der Waals surface area contributed by atoms with Crippen LogP contribution in [0.25, 0.3) is 0 Å². The highest BCUT2D eigenvalue weighted by Crippen LogP contribution is 2.30. The van der Waals surface area contributed by atoms with Gasteiger partial charge in [-0.3, -0.25) is 0 Å². The van der Waals surface area contributed by atoms with Gasteiger partial charge in [-0.15, -0.1) is 23.1 Å². The van der Waals surface area contributed by atoms with Crippen molar-refractivity contribution in [2.45, 2.75) is 24.1 Å². The molecule has 0 aliphatic heterocycles. The first-order chi connectivity index (χ1) is 8.79. The van der Waals surface area contributed by atoms with Crippen LogP contribution in [0.4, 0.5) is 0 Å². The molecule has 2 nitrogen and oxygen atoms in total. The largest absolute Gasteiger partial charge is 0.312 e. The maximum Gasteiger partial charge on any atom is 0.103 e. The number of hydrogen-bond acceptors (Lipinski definition) is 4. The Hall–Kier alpha value is -0.360. The quantitative estimate of drug-likeness (QED) is 0.792. The topological polar surface area (TPSA) is 24.9 Å². The van der Waals surface area contributed by atoms with E-state index in [2.05, 4.69) is 51.4 Å². The standard InChI is InChI=1S/C13H15BrN2S2/c1-2-15-7-10-8-16-13(18-10)9-17-12-6-4-3-5-11(12)14/h3-6,8,15H,2,7,9H2,1H3. The van der Waals surface area contributed by atoms with Gasteiger partial charge in [0.2, 0.25) is 0 Å². The molecule has 96 valence electrons. The number of thiazole rings is 1. The molecule has 2 aromatic rings. The van der Waals surface area contributed by atoms with E-state index < -0.39 is 0 Å². The number of nitrogens with one attached hydrogen (secondary N) is 1. The Bertz CT molecular complexity index is 499. The van der Waals surface area contributed by atoms with Crippen molar-refractivity contribution in [3.63, 3.8) is 0 Å². The maximum absolute atomic E-state index is 4.46. The van der Waals surface area contributed by atoms with Crippen LogP contribution in [0.15, 0.2) is 39.8 Å². The molecule has 0 spiro atoms. The Labute approximate surface area is 124 Å². The van der Waals surface area contributed by atoms with Gasteiger partial charge >= 0.3 is 0 Å². The van der Waals surface area contributed by atoms with Crippen LogP contribution in [0.2, 0.25) is 0 Å². The average molecular weight is 343 g/mol. The van der Waals surface area contributed by atoms with Gasteiger partial charge in [-0.25, -0.2) is 4.98 Å². The van der Waals surface area contributed by atoms with Gasteiger partial charge in [0.25, 0.3) is 0 Å². The summed E-state index contributed by atoms with van der Waals surface area (Å²) in [4.78, 5) is 7.03. The molecule has 0 radical (unpaired) electrons. The Morgan fingerprint density at radius 1 is 1.39 bits per heavy atom. The molecule has 18 heavy (non-hydrogen) atoms. The van der Waals surface area contributed by atoms with Crippen LogP contribution in [0.1, 0.15) is 16.8 Å². The lowest BCUT2D eigenvalue weighted by atomic mass is 10.4. The van der Waals surface area contributed by atoms with Crippen LogP contribution in [0, 0.1) is 0 Å². The van der Waals surface area contributed by atoms with Gasteiger partial charge in [0, 0.05) is 27.0 Å². The van der Waals surface area contributed by atoms with Gasteiger partial charge < -0.3 is 5.32 Å². The number of hydrogen-bond donors (Lipinski definition) is 1. The molecule has 2 rings (SSSR count). The Morgan fingerprint density at radius 3 is 3.00 bits per heavy atom. The highest BCUT2D eigenvalue weighted by Gasteiger charge is 2.04. The minimum Gasteiger partial charge on any atom is -0.312 e. The Balaban J connectivity index is 1.90. The summed E-state index contributed by atoms with van der Waals surface area (Å²) in [6.45, 7) is 4.04. The molecule has 0 fully saturated rings. The predicted octanol–water partition coefficient (Wildman–Crippen LogP) is 4.31. The summed E-state index contributed by atoms with van der Waals surface area (Å²) in [6, 6.07) is 8.29. The number of aromatic nitrogens is 1. The molecule has 1 aromatic carbocycles. The van der Waals surface area contributed by atoms with Crippen molar-refractivity contribution in [2.75, 3.05) is 6.54 Å². The molecule has 0 unspecified atom stereocenters. The van der Waals surface area contributed by atoms with E-state index in [0.717, 1.165) is 23.3 Å². The molecule has 0 aliphatic rings. The van der Waals surface area contributed by atoms with Gasteiger partial charge in [0.1, 0.15) is 5.01 Å². The van der Waals surface area contributed by atoms with Gasteiger partial charge in [-0.2, -0.15) is 0 Å². The van der Waals surface area contributed by atoms with E-state index in [0.29, 0.717) is 0 Å². The minimum absolute atomic E-state index is 0.924. The first kappa shape index (κ1) is 14.1. The zero-order valence-electron chi connectivity index (χ0n) is 10.1. The summed E-state index contributed by atoms with van der Waals surface area (Å²) in [5.41, 5.74) is 0. The highest BCUT2D eigenvalue weighted by atomic mass is 79.9. The van der Waals surface area contributed by atoms with E-state index in [1.807, 2.05) is 24.0 Å². The third kappa shape index (κ3) is 4.09. The predicted molar refractivity (Wildman–Crippen MR) is 83.2 cm³/mol. The minimum atomic E-state index is 0.924. The molecule has 0 amide bonds. The first-order valence-corrected chi connectivity index (χ1v) is 8.40. The molecular formula is C13H15BrN2S2. The molecule has 0 saturated heterocycles. The van der Waals surface area contributed by atoms with Crippen molar-refractivity contribution in [1.82, 2.24) is 10.3 Å². The number of halogens is 1. The summed E-state index contributed by atoms with van der Waals surface area (Å²) in [7, 11) is 0. The van der Waals surface area contributed by atoms with Crippen molar-refractivity contribution < 1.29 is 0 Å². The SMILES string of the molecule is CCNCc1cnc(CSc2ccccc2Br)s1. The molecule has 1 N–H and O–H groups in total. The normalized spacial score (nSPS) is 10.8. The fourth-order valence-corrected chi connectivity index (χ4v) is 3.91. The molecule has 0 atom stereocenters. The monoisotopic (exact) mass is 342 g/mol. The Kier molecular flexibility index (Phi) is 5.69. The highest BCUT2D eigenvalue weighted by molar-refractivity contribution is 9.10. The number of benzene rings is 1. The third-order valence-electron chi connectivity index (χ3n) is 2.34. The second-order valence-electron chi connectivity index (χ2n) is 3.72. The molecule has 1 aromatic heterocycles. The zero-order valence-corrected chi connectivity index (χ0v) is 13.4. The number of rotatable bonds is 6. The maximum atomic E-state index is 4.46. The van der Waals surface area contributed by atoms with E-state index in [1.165, 1.54) is 14.8 Å². The van der Waals surface area contributed by atoms with Gasteiger partial charge in [0.15, 0.2) is 0 Å². The second kappa shape index (κ2) is 7.28. The van der Waals surface area contributed by atoms with Gasteiger partial charge in [-0.05, 0) is 34.6 Å². The number of nitrogens with zero attached hydrogens (tertiary/aromatic N) is 1. The summed E-state index contributed by atoms with van der Waals surface area (Å²) in [5, 5.41) is 4.50. The van der Waals surface area contributed by atoms with Gasteiger partial charge in [-0.1, -0.05) is 19.1 Å². The van der Waals surface area contributed by atoms with Gasteiger partial charge in [0.05, 0.1) is 5.75 Å². The lowest BCUT2D eigenvalue weighted by Gasteiger charge is -2.01. The average Bonchev–Trinajstić information content (AvgIpc) is 2.83. The zero-order chi connectivity index (χ0) is 12.8. The number of thioether (sulfide) groups is 1. The van der Waals surface area contributed by atoms with Crippen molar-refractivity contribution >= 4 is 39.0 Å². The van der Waals surface area contributed by atoms with E-state index in [-0.39, 0.29) is 0 Å². The fourth-order valence-electron chi connectivity index (χ4n) is 1.45. The first-order valence-electron chi connectivity index (χ1n) is 5.81. The lowest BCUT2D eigenvalue weighted by Crippen LogP contribution is -2.10. The van der Waals surface area contributed by atoms with E-state index >= 15 is 0 Å². The molecule has 1 heterocycles. The van der Waals surface area contributed by atoms with Crippen LogP contribution >= 0.6 is 39.0 Å². The molecular weight excluding hydrogens is 328 g/mol. The third-order valence-corrected chi connectivity index (χ3v) is 5.56. The van der Waals surface area contributed by atoms with E-state index in [4.69, 9.17) is 0 Å². The lowest BCUT2D eigenvalue weighted by molar-refractivity contribution is 0.734. The summed E-state index contributed by atoms with van der Waals surface area (Å²) in [5.74, 6) is 0.930. The van der Waals surface area contributed by atoms with E-state index in [9.17, 15) is 0 Å². The summed E-state index contributed by atoms with van der Waals surface area (Å²) >= 11 is 7.17. The van der Waals surface area contributed by atoms with E-state index in [1.54, 1.807) is 11.3 Å². The molecule has 0 saturated carbocycles. The molecule has 0 bridgehead atoms. The van der Waals surface area contributed by atoms with Crippen LogP contribution in [0.3, 0.4) is 0 Å². The summed E-state index contributed by atoms with van der Waals surface area (Å²) in [6.07, 6.45) is 1.98. The van der Waals surface area contributed by atoms with Crippen molar-refractivity contribution in [3.05, 3.63) is 44.8 Å². The van der Waals surface area contributed by atoms with Crippen LogP contribution < -0.4 is 5.32 Å².